The number of hydrogen-bond donors (Lipinski definition) is 0. The van der Waals surface area contributed by atoms with Crippen molar-refractivity contribution in [2.45, 2.75) is 19.4 Å². The zero-order valence-electron chi connectivity index (χ0n) is 12.1. The minimum atomic E-state index is -0.185. The number of benzene rings is 1. The van der Waals surface area contributed by atoms with E-state index in [4.69, 9.17) is 9.47 Å². The maximum Gasteiger partial charge on any atom is 0.310 e. The highest BCUT2D eigenvalue weighted by molar-refractivity contribution is 5.72. The number of fused-ring (bicyclic) bond motifs is 1. The van der Waals surface area contributed by atoms with Crippen LogP contribution in [0.4, 0.5) is 0 Å². The van der Waals surface area contributed by atoms with Crippen LogP contribution in [0.3, 0.4) is 0 Å². The molecule has 6 heteroatoms. The lowest BCUT2D eigenvalue weighted by atomic mass is 10.0. The van der Waals surface area contributed by atoms with Crippen LogP contribution in [0.5, 0.6) is 5.75 Å². The molecule has 1 aromatic carbocycles. The Morgan fingerprint density at radius 3 is 2.90 bits per heavy atom. The molecule has 0 amide bonds. The van der Waals surface area contributed by atoms with Gasteiger partial charge in [0.05, 0.1) is 32.2 Å². The van der Waals surface area contributed by atoms with E-state index in [9.17, 15) is 4.79 Å². The molecule has 0 radical (unpaired) electrons. The molecule has 3 rings (SSSR count). The Morgan fingerprint density at radius 1 is 1.33 bits per heavy atom. The smallest absolute Gasteiger partial charge is 0.310 e. The minimum Gasteiger partial charge on any atom is -0.496 e. The molecule has 1 unspecified atom stereocenters. The predicted molar refractivity (Wildman–Crippen MR) is 75.8 cm³/mol. The van der Waals surface area contributed by atoms with Crippen molar-refractivity contribution in [3.05, 3.63) is 30.1 Å². The Labute approximate surface area is 122 Å². The van der Waals surface area contributed by atoms with Crippen LogP contribution >= 0.6 is 0 Å². The van der Waals surface area contributed by atoms with Crippen LogP contribution in [0, 0.1) is 5.92 Å². The summed E-state index contributed by atoms with van der Waals surface area (Å²) in [6.07, 6.45) is 1.47. The SMILES string of the molecule is COC(=O)C1CCc2nc(-c3ccccc3OC)nn2C1. The van der Waals surface area contributed by atoms with E-state index in [-0.39, 0.29) is 11.9 Å². The van der Waals surface area contributed by atoms with E-state index < -0.39 is 0 Å². The fourth-order valence-corrected chi connectivity index (χ4v) is 2.61. The quantitative estimate of drug-likeness (QED) is 0.804. The summed E-state index contributed by atoms with van der Waals surface area (Å²) in [5.41, 5.74) is 0.858. The standard InChI is InChI=1S/C15H17N3O3/c1-20-12-6-4-3-5-11(12)14-16-13-8-7-10(15(19)21-2)9-18(13)17-14/h3-6,10H,7-9H2,1-2H3. The molecule has 0 fully saturated rings. The molecular formula is C15H17N3O3. The number of aryl methyl sites for hydroxylation is 1. The third kappa shape index (κ3) is 2.49. The summed E-state index contributed by atoms with van der Waals surface area (Å²) in [5, 5.41) is 4.51. The number of esters is 1. The molecule has 6 nitrogen and oxygen atoms in total. The highest BCUT2D eigenvalue weighted by Crippen LogP contribution is 2.29. The molecule has 0 spiro atoms. The molecule has 2 heterocycles. The van der Waals surface area contributed by atoms with Crippen LogP contribution in [0.15, 0.2) is 24.3 Å². The molecule has 21 heavy (non-hydrogen) atoms. The van der Waals surface area contributed by atoms with Crippen molar-refractivity contribution in [2.75, 3.05) is 14.2 Å². The topological polar surface area (TPSA) is 66.2 Å². The van der Waals surface area contributed by atoms with Crippen molar-refractivity contribution in [1.29, 1.82) is 0 Å². The van der Waals surface area contributed by atoms with Gasteiger partial charge >= 0.3 is 5.97 Å². The van der Waals surface area contributed by atoms with Crippen LogP contribution < -0.4 is 4.74 Å². The zero-order valence-corrected chi connectivity index (χ0v) is 12.1. The Hall–Kier alpha value is -2.37. The van der Waals surface area contributed by atoms with Crippen molar-refractivity contribution < 1.29 is 14.3 Å². The third-order valence-electron chi connectivity index (χ3n) is 3.74. The largest absolute Gasteiger partial charge is 0.496 e. The van der Waals surface area contributed by atoms with Gasteiger partial charge in [0, 0.05) is 6.42 Å². The second-order valence-electron chi connectivity index (χ2n) is 4.99. The normalized spacial score (nSPS) is 17.1. The number of methoxy groups -OCH3 is 2. The van der Waals surface area contributed by atoms with Crippen LogP contribution in [-0.4, -0.2) is 35.0 Å². The Bertz CT molecular complexity index is 666. The van der Waals surface area contributed by atoms with E-state index in [1.54, 1.807) is 11.8 Å². The average Bonchev–Trinajstić information content (AvgIpc) is 2.96. The first kappa shape index (κ1) is 13.6. The van der Waals surface area contributed by atoms with Crippen molar-refractivity contribution >= 4 is 5.97 Å². The van der Waals surface area contributed by atoms with Gasteiger partial charge in [0.2, 0.25) is 0 Å². The minimum absolute atomic E-state index is 0.144. The van der Waals surface area contributed by atoms with Gasteiger partial charge in [-0.25, -0.2) is 9.67 Å². The zero-order chi connectivity index (χ0) is 14.8. The van der Waals surface area contributed by atoms with Gasteiger partial charge in [-0.1, -0.05) is 12.1 Å². The predicted octanol–water partition coefficient (Wildman–Crippen LogP) is 1.69. The van der Waals surface area contributed by atoms with Gasteiger partial charge < -0.3 is 9.47 Å². The first-order chi connectivity index (χ1) is 10.2. The molecule has 0 saturated heterocycles. The number of hydrogen-bond acceptors (Lipinski definition) is 5. The van der Waals surface area contributed by atoms with E-state index in [0.717, 1.165) is 30.0 Å². The Kier molecular flexibility index (Phi) is 3.60. The number of rotatable bonds is 3. The first-order valence-electron chi connectivity index (χ1n) is 6.88. The lowest BCUT2D eigenvalue weighted by Gasteiger charge is -2.19. The molecule has 0 aliphatic carbocycles. The van der Waals surface area contributed by atoms with E-state index in [1.165, 1.54) is 7.11 Å². The van der Waals surface area contributed by atoms with Gasteiger partial charge in [0.15, 0.2) is 5.82 Å². The molecule has 2 aromatic rings. The van der Waals surface area contributed by atoms with Gasteiger partial charge in [-0.15, -0.1) is 0 Å². The van der Waals surface area contributed by atoms with Crippen LogP contribution in [0.1, 0.15) is 12.2 Å². The summed E-state index contributed by atoms with van der Waals surface area (Å²) in [6, 6.07) is 7.64. The monoisotopic (exact) mass is 287 g/mol. The van der Waals surface area contributed by atoms with Gasteiger partial charge in [-0.05, 0) is 18.6 Å². The lowest BCUT2D eigenvalue weighted by molar-refractivity contribution is -0.146. The molecule has 1 aliphatic rings. The second kappa shape index (κ2) is 5.55. The molecule has 0 bridgehead atoms. The van der Waals surface area contributed by atoms with Gasteiger partial charge in [0.1, 0.15) is 11.6 Å². The number of aromatic nitrogens is 3. The van der Waals surface area contributed by atoms with Crippen LogP contribution in [0.2, 0.25) is 0 Å². The summed E-state index contributed by atoms with van der Waals surface area (Å²) < 4.78 is 12.0. The van der Waals surface area contributed by atoms with E-state index in [2.05, 4.69) is 10.1 Å². The number of para-hydroxylation sites is 1. The summed E-state index contributed by atoms with van der Waals surface area (Å²) in [7, 11) is 3.04. The lowest BCUT2D eigenvalue weighted by Crippen LogP contribution is -2.28. The Morgan fingerprint density at radius 2 is 2.14 bits per heavy atom. The van der Waals surface area contributed by atoms with Crippen molar-refractivity contribution in [2.24, 2.45) is 5.92 Å². The number of nitrogens with zero attached hydrogens (tertiary/aromatic N) is 3. The highest BCUT2D eigenvalue weighted by atomic mass is 16.5. The average molecular weight is 287 g/mol. The molecule has 0 saturated carbocycles. The second-order valence-corrected chi connectivity index (χ2v) is 4.99. The molecule has 1 aromatic heterocycles. The van der Waals surface area contributed by atoms with Gasteiger partial charge in [0.25, 0.3) is 0 Å². The van der Waals surface area contributed by atoms with Gasteiger partial charge in [-0.3, -0.25) is 4.79 Å². The van der Waals surface area contributed by atoms with E-state index in [0.29, 0.717) is 12.4 Å². The number of carbonyl (C=O) groups is 1. The summed E-state index contributed by atoms with van der Waals surface area (Å²) >= 11 is 0. The third-order valence-corrected chi connectivity index (χ3v) is 3.74. The van der Waals surface area contributed by atoms with E-state index in [1.807, 2.05) is 24.3 Å². The molecule has 110 valence electrons. The highest BCUT2D eigenvalue weighted by Gasteiger charge is 2.28. The van der Waals surface area contributed by atoms with Crippen LogP contribution in [0.25, 0.3) is 11.4 Å². The molecule has 0 N–H and O–H groups in total. The van der Waals surface area contributed by atoms with Crippen molar-refractivity contribution in [1.82, 2.24) is 14.8 Å². The van der Waals surface area contributed by atoms with E-state index >= 15 is 0 Å². The first-order valence-corrected chi connectivity index (χ1v) is 6.88. The summed E-state index contributed by atoms with van der Waals surface area (Å²) in [6.45, 7) is 0.518. The number of ether oxygens (including phenoxy) is 2. The molecule has 1 atom stereocenters. The number of carbonyl (C=O) groups excluding carboxylic acids is 1. The van der Waals surface area contributed by atoms with Crippen LogP contribution in [-0.2, 0) is 22.5 Å². The summed E-state index contributed by atoms with van der Waals surface area (Å²) in [4.78, 5) is 16.2. The maximum atomic E-state index is 11.7. The summed E-state index contributed by atoms with van der Waals surface area (Å²) in [5.74, 6) is 1.94. The molecule has 1 aliphatic heterocycles. The fraction of sp³-hybridized carbons (Fsp3) is 0.400. The molecular weight excluding hydrogens is 270 g/mol. The van der Waals surface area contributed by atoms with Gasteiger partial charge in [-0.2, -0.15) is 5.10 Å². The van der Waals surface area contributed by atoms with Crippen molar-refractivity contribution in [3.8, 4) is 17.1 Å². The maximum absolute atomic E-state index is 11.7. The fourth-order valence-electron chi connectivity index (χ4n) is 2.61. The van der Waals surface area contributed by atoms with Crippen molar-refractivity contribution in [3.63, 3.8) is 0 Å². The Balaban J connectivity index is 1.92.